The molecule has 0 aromatic carbocycles. The maximum Gasteiger partial charge on any atom is 0.314 e. The van der Waals surface area contributed by atoms with Crippen molar-refractivity contribution in [3.05, 3.63) is 0 Å². The molecule has 0 saturated carbocycles. The molecule has 0 atom stereocenters. The van der Waals surface area contributed by atoms with Gasteiger partial charge in [0.1, 0.15) is 37.5 Å². The van der Waals surface area contributed by atoms with E-state index < -0.39 is 49.6 Å². The Morgan fingerprint density at radius 3 is 0.938 bits per heavy atom. The lowest BCUT2D eigenvalue weighted by Crippen LogP contribution is -2.56. The summed E-state index contributed by atoms with van der Waals surface area (Å²) in [7, 11) is 0. The van der Waals surface area contributed by atoms with Gasteiger partial charge < -0.3 is 0 Å². The summed E-state index contributed by atoms with van der Waals surface area (Å²) in [6.07, 6.45) is 0. The average Bonchev–Trinajstić information content (AvgIpc) is 2.25. The zero-order valence-corrected chi connectivity index (χ0v) is 7.91. The summed E-state index contributed by atoms with van der Waals surface area (Å²) < 4.78 is 74.7. The van der Waals surface area contributed by atoms with Crippen LogP contribution >= 0.6 is 0 Å². The minimum atomic E-state index is -3.59. The van der Waals surface area contributed by atoms with E-state index in [0.29, 0.717) is 0 Å². The lowest BCUT2D eigenvalue weighted by molar-refractivity contribution is -0.172. The summed E-state index contributed by atoms with van der Waals surface area (Å²) in [4.78, 5) is 20.8. The molecule has 0 fully saturated rings. The molecule has 0 aromatic heterocycles. The molecule has 16 heavy (non-hydrogen) atoms. The Balaban J connectivity index is 5.78. The maximum atomic E-state index is 12.5. The Morgan fingerprint density at radius 2 is 0.875 bits per heavy atom. The van der Waals surface area contributed by atoms with E-state index >= 15 is 0 Å². The highest BCUT2D eigenvalue weighted by Gasteiger charge is 2.63. The number of hydrogen-bond acceptors (Lipinski definition) is 2. The summed E-state index contributed by atoms with van der Waals surface area (Å²) in [6, 6.07) is -5.61. The van der Waals surface area contributed by atoms with Crippen LogP contribution in [0.15, 0.2) is 0 Å². The largest absolute Gasteiger partial charge is 0.314 e. The molecular weight excluding hydrogens is 242 g/mol. The van der Waals surface area contributed by atoms with Crippen molar-refractivity contribution in [2.45, 2.75) is 0 Å². The van der Waals surface area contributed by atoms with Gasteiger partial charge in [0.25, 0.3) is 0 Å². The first-order valence-electron chi connectivity index (χ1n) is 4.02. The third-order valence-corrected chi connectivity index (χ3v) is 2.58. The van der Waals surface area contributed by atoms with E-state index in [1.165, 1.54) is 0 Å². The Morgan fingerprint density at radius 1 is 0.688 bits per heavy atom. The number of hydrogen-bond donors (Lipinski definition) is 0. The van der Waals surface area contributed by atoms with Crippen LogP contribution in [0, 0.1) is 10.8 Å². The van der Waals surface area contributed by atoms with E-state index in [1.807, 2.05) is 0 Å². The van der Waals surface area contributed by atoms with Crippen molar-refractivity contribution in [3.8, 4) is 0 Å². The van der Waals surface area contributed by atoms with Crippen molar-refractivity contribution in [1.82, 2.24) is 0 Å². The van der Waals surface area contributed by atoms with E-state index in [2.05, 4.69) is 0 Å². The minimum Gasteiger partial charge on any atom is -0.260 e. The van der Waals surface area contributed by atoms with Crippen LogP contribution in [0.4, 0.5) is 26.3 Å². The van der Waals surface area contributed by atoms with Crippen molar-refractivity contribution in [2.75, 3.05) is 26.7 Å². The van der Waals surface area contributed by atoms with Gasteiger partial charge in [-0.3, -0.25) is 9.59 Å². The van der Waals surface area contributed by atoms with Crippen LogP contribution in [0.25, 0.3) is 0 Å². The maximum absolute atomic E-state index is 12.5. The normalized spacial score (nSPS) is 12.6. The quantitative estimate of drug-likeness (QED) is 0.510. The van der Waals surface area contributed by atoms with E-state index in [1.54, 1.807) is 0 Å². The van der Waals surface area contributed by atoms with Crippen LogP contribution in [0.3, 0.4) is 0 Å². The summed E-state index contributed by atoms with van der Waals surface area (Å²) >= 11 is 0. The van der Waals surface area contributed by atoms with Crippen LogP contribution in [-0.2, 0) is 9.59 Å². The minimum absolute atomic E-state index is 2.22. The first-order valence-corrected chi connectivity index (χ1v) is 4.02. The highest BCUT2D eigenvalue weighted by molar-refractivity contribution is 5.88. The highest BCUT2D eigenvalue weighted by Crippen LogP contribution is 2.44. The third kappa shape index (κ3) is 1.80. The van der Waals surface area contributed by atoms with Gasteiger partial charge in [-0.2, -0.15) is 8.78 Å². The van der Waals surface area contributed by atoms with Gasteiger partial charge in [0.05, 0.1) is 0 Å². The summed E-state index contributed by atoms with van der Waals surface area (Å²) in [5, 5.41) is 0. The van der Waals surface area contributed by atoms with Crippen LogP contribution in [0.5, 0.6) is 0 Å². The van der Waals surface area contributed by atoms with Crippen molar-refractivity contribution in [1.29, 1.82) is 0 Å². The van der Waals surface area contributed by atoms with E-state index in [4.69, 9.17) is 0 Å². The molecule has 0 heterocycles. The smallest absolute Gasteiger partial charge is 0.260 e. The number of rotatable bonds is 7. The molecule has 0 N–H and O–H groups in total. The molecule has 0 aliphatic carbocycles. The number of alkyl halides is 4. The molecular formula is C8H8F6O2. The van der Waals surface area contributed by atoms with Crippen molar-refractivity contribution in [3.63, 3.8) is 0 Å². The Kier molecular flexibility index (Phi) is 4.95. The van der Waals surface area contributed by atoms with E-state index in [-0.39, 0.29) is 0 Å². The van der Waals surface area contributed by atoms with Crippen molar-refractivity contribution < 1.29 is 35.9 Å². The fraction of sp³-hybridized carbons (Fsp3) is 0.750. The fourth-order valence-electron chi connectivity index (χ4n) is 1.17. The van der Waals surface area contributed by atoms with Crippen LogP contribution in [0.2, 0.25) is 0 Å². The molecule has 2 nitrogen and oxygen atoms in total. The van der Waals surface area contributed by atoms with Gasteiger partial charge in [0.15, 0.2) is 0 Å². The number of carbonyl (C=O) groups is 2. The molecule has 0 aromatic rings. The first-order chi connectivity index (χ1) is 7.38. The SMILES string of the molecule is O=C(F)C(CF)(CF)C(CF)(CF)C(=O)F. The Hall–Kier alpha value is -1.08. The predicted molar refractivity (Wildman–Crippen MR) is 41.0 cm³/mol. The number of halogens is 6. The molecule has 94 valence electrons. The van der Waals surface area contributed by atoms with Crippen molar-refractivity contribution >= 4 is 12.1 Å². The summed E-state index contributed by atoms with van der Waals surface area (Å²) in [5.74, 6) is 0. The zero-order chi connectivity index (χ0) is 13.0. The zero-order valence-electron chi connectivity index (χ0n) is 7.91. The molecule has 0 aliphatic rings. The van der Waals surface area contributed by atoms with Gasteiger partial charge in [-0.25, -0.2) is 17.6 Å². The average molecular weight is 250 g/mol. The summed E-state index contributed by atoms with van der Waals surface area (Å²) in [5.41, 5.74) is -7.19. The third-order valence-electron chi connectivity index (χ3n) is 2.58. The first kappa shape index (κ1) is 14.9. The van der Waals surface area contributed by atoms with Gasteiger partial charge in [0.2, 0.25) is 0 Å². The molecule has 0 aliphatic heterocycles. The number of carbonyl (C=O) groups excluding carboxylic acids is 2. The standard InChI is InChI=1S/C8H8F6O2/c9-1-7(2-10,5(13)15)8(3-11,4-12)6(14)16/h1-4H2. The second kappa shape index (κ2) is 5.31. The van der Waals surface area contributed by atoms with Gasteiger partial charge in [-0.1, -0.05) is 0 Å². The van der Waals surface area contributed by atoms with Crippen molar-refractivity contribution in [2.24, 2.45) is 10.8 Å². The molecule has 0 unspecified atom stereocenters. The molecule has 0 bridgehead atoms. The monoisotopic (exact) mass is 250 g/mol. The van der Waals surface area contributed by atoms with E-state index in [0.717, 1.165) is 0 Å². The molecule has 0 amide bonds. The predicted octanol–water partition coefficient (Wildman–Crippen LogP) is 1.83. The van der Waals surface area contributed by atoms with Crippen LogP contribution < -0.4 is 0 Å². The Bertz CT molecular complexity index is 244. The van der Waals surface area contributed by atoms with Gasteiger partial charge in [-0.05, 0) is 0 Å². The lowest BCUT2D eigenvalue weighted by Gasteiger charge is -2.36. The molecule has 0 radical (unpaired) electrons. The van der Waals surface area contributed by atoms with Gasteiger partial charge in [-0.15, -0.1) is 0 Å². The van der Waals surface area contributed by atoms with Crippen LogP contribution in [0.1, 0.15) is 0 Å². The Labute approximate surface area is 86.6 Å². The molecule has 0 spiro atoms. The second-order valence-electron chi connectivity index (χ2n) is 3.25. The highest BCUT2D eigenvalue weighted by atomic mass is 19.2. The van der Waals surface area contributed by atoms with E-state index in [9.17, 15) is 35.9 Å². The molecule has 0 rings (SSSR count). The topological polar surface area (TPSA) is 34.1 Å². The van der Waals surface area contributed by atoms with Gasteiger partial charge >= 0.3 is 12.1 Å². The van der Waals surface area contributed by atoms with Gasteiger partial charge in [0, 0.05) is 0 Å². The fourth-order valence-corrected chi connectivity index (χ4v) is 1.17. The molecule has 0 saturated heterocycles. The van der Waals surface area contributed by atoms with Crippen LogP contribution in [-0.4, -0.2) is 38.8 Å². The molecule has 8 heteroatoms. The lowest BCUT2D eigenvalue weighted by atomic mass is 9.66. The second-order valence-corrected chi connectivity index (χ2v) is 3.25. The summed E-state index contributed by atoms with van der Waals surface area (Å²) in [6.45, 7) is -8.88.